The Labute approximate surface area is 131 Å². The zero-order chi connectivity index (χ0) is 14.5. The molecule has 2 aromatic rings. The van der Waals surface area contributed by atoms with Gasteiger partial charge in [-0.05, 0) is 25.8 Å². The number of halogens is 1. The molecule has 1 amide bonds. The lowest BCUT2D eigenvalue weighted by Gasteiger charge is -2.07. The fraction of sp³-hybridized carbons (Fsp3) is 0.333. The van der Waals surface area contributed by atoms with Gasteiger partial charge in [0, 0.05) is 17.5 Å². The summed E-state index contributed by atoms with van der Waals surface area (Å²) in [5.74, 6) is 0.0274. The summed E-state index contributed by atoms with van der Waals surface area (Å²) >= 11 is 4.91. The molecule has 0 spiro atoms. The Morgan fingerprint density at radius 2 is 2.10 bits per heavy atom. The summed E-state index contributed by atoms with van der Waals surface area (Å²) in [6.45, 7) is 4.49. The number of alkyl halides is 1. The van der Waals surface area contributed by atoms with Crippen molar-refractivity contribution in [3.8, 4) is 11.3 Å². The number of nitrogens with one attached hydrogen (secondary N) is 1. The highest BCUT2D eigenvalue weighted by Gasteiger charge is 2.07. The molecule has 3 nitrogen and oxygen atoms in total. The molecule has 2 rings (SSSR count). The van der Waals surface area contributed by atoms with Crippen LogP contribution in [0.2, 0.25) is 0 Å². The molecule has 0 radical (unpaired) electrons. The number of rotatable bonds is 5. The van der Waals surface area contributed by atoms with Crippen LogP contribution in [-0.4, -0.2) is 22.3 Å². The molecule has 1 unspecified atom stereocenters. The average molecular weight is 353 g/mol. The molecule has 20 heavy (non-hydrogen) atoms. The van der Waals surface area contributed by atoms with Crippen LogP contribution in [0.1, 0.15) is 17.5 Å². The quantitative estimate of drug-likeness (QED) is 0.835. The van der Waals surface area contributed by atoms with E-state index in [-0.39, 0.29) is 10.7 Å². The Morgan fingerprint density at radius 1 is 1.40 bits per heavy atom. The van der Waals surface area contributed by atoms with Crippen LogP contribution in [0.4, 0.5) is 0 Å². The van der Waals surface area contributed by atoms with Crippen LogP contribution in [-0.2, 0) is 11.2 Å². The number of nitrogens with zero attached hydrogens (tertiary/aromatic N) is 1. The van der Waals surface area contributed by atoms with E-state index in [1.165, 1.54) is 5.56 Å². The first kappa shape index (κ1) is 15.2. The van der Waals surface area contributed by atoms with Gasteiger partial charge in [0.25, 0.3) is 0 Å². The van der Waals surface area contributed by atoms with E-state index in [2.05, 4.69) is 55.9 Å². The maximum atomic E-state index is 11.4. The molecular weight excluding hydrogens is 336 g/mol. The zero-order valence-corrected chi connectivity index (χ0v) is 13.9. The summed E-state index contributed by atoms with van der Waals surface area (Å²) < 4.78 is 0. The second-order valence-electron chi connectivity index (χ2n) is 4.61. The Balaban J connectivity index is 1.90. The molecule has 0 saturated heterocycles. The van der Waals surface area contributed by atoms with E-state index in [1.54, 1.807) is 11.3 Å². The maximum Gasteiger partial charge on any atom is 0.233 e. The fourth-order valence-electron chi connectivity index (χ4n) is 1.81. The van der Waals surface area contributed by atoms with Gasteiger partial charge in [-0.3, -0.25) is 4.79 Å². The van der Waals surface area contributed by atoms with E-state index in [0.29, 0.717) is 6.54 Å². The number of amides is 1. The highest BCUT2D eigenvalue weighted by Crippen LogP contribution is 2.21. The SMILES string of the molecule is Cc1nc(-c2ccc(CCNC(=O)C(C)Br)cc2)cs1. The van der Waals surface area contributed by atoms with E-state index in [0.717, 1.165) is 22.7 Å². The zero-order valence-electron chi connectivity index (χ0n) is 11.5. The summed E-state index contributed by atoms with van der Waals surface area (Å²) in [6.07, 6.45) is 0.835. The maximum absolute atomic E-state index is 11.4. The van der Waals surface area contributed by atoms with Gasteiger partial charge in [-0.25, -0.2) is 4.98 Å². The van der Waals surface area contributed by atoms with Gasteiger partial charge in [0.15, 0.2) is 0 Å². The van der Waals surface area contributed by atoms with Crippen LogP contribution in [0.25, 0.3) is 11.3 Å². The number of benzene rings is 1. The standard InChI is InChI=1S/C15H17BrN2OS/c1-10(16)15(19)17-8-7-12-3-5-13(6-4-12)14-9-20-11(2)18-14/h3-6,9-10H,7-8H2,1-2H3,(H,17,19). The van der Waals surface area contributed by atoms with E-state index < -0.39 is 0 Å². The van der Waals surface area contributed by atoms with Crippen LogP contribution in [0.3, 0.4) is 0 Å². The first-order chi connectivity index (χ1) is 9.56. The molecule has 0 aliphatic heterocycles. The lowest BCUT2D eigenvalue weighted by Crippen LogP contribution is -2.30. The second-order valence-corrected chi connectivity index (χ2v) is 7.04. The topological polar surface area (TPSA) is 42.0 Å². The molecular formula is C15H17BrN2OS. The summed E-state index contributed by atoms with van der Waals surface area (Å²) in [5.41, 5.74) is 3.37. The van der Waals surface area contributed by atoms with Gasteiger partial charge in [0.05, 0.1) is 15.5 Å². The van der Waals surface area contributed by atoms with Gasteiger partial charge >= 0.3 is 0 Å². The summed E-state index contributed by atoms with van der Waals surface area (Å²) in [7, 11) is 0. The number of carbonyl (C=O) groups is 1. The third kappa shape index (κ3) is 4.15. The molecule has 1 aromatic heterocycles. The van der Waals surface area contributed by atoms with E-state index in [9.17, 15) is 4.79 Å². The molecule has 0 bridgehead atoms. The molecule has 106 valence electrons. The van der Waals surface area contributed by atoms with Crippen molar-refractivity contribution in [2.75, 3.05) is 6.54 Å². The van der Waals surface area contributed by atoms with Crippen LogP contribution >= 0.6 is 27.3 Å². The molecule has 1 N–H and O–H groups in total. The van der Waals surface area contributed by atoms with E-state index in [1.807, 2.05) is 13.8 Å². The monoisotopic (exact) mass is 352 g/mol. The van der Waals surface area contributed by atoms with Crippen molar-refractivity contribution in [1.82, 2.24) is 10.3 Å². The van der Waals surface area contributed by atoms with E-state index >= 15 is 0 Å². The van der Waals surface area contributed by atoms with Crippen molar-refractivity contribution in [2.24, 2.45) is 0 Å². The van der Waals surface area contributed by atoms with Gasteiger partial charge in [-0.15, -0.1) is 11.3 Å². The van der Waals surface area contributed by atoms with Crippen LogP contribution < -0.4 is 5.32 Å². The van der Waals surface area contributed by atoms with Gasteiger partial charge in [-0.1, -0.05) is 40.2 Å². The number of hydrogen-bond acceptors (Lipinski definition) is 3. The third-order valence-corrected chi connectivity index (χ3v) is 4.13. The van der Waals surface area contributed by atoms with Crippen molar-refractivity contribution in [1.29, 1.82) is 0 Å². The first-order valence-corrected chi connectivity index (χ1v) is 8.29. The second kappa shape index (κ2) is 6.99. The van der Waals surface area contributed by atoms with Crippen molar-refractivity contribution in [3.63, 3.8) is 0 Å². The van der Waals surface area contributed by atoms with Crippen LogP contribution in [0.15, 0.2) is 29.6 Å². The number of hydrogen-bond donors (Lipinski definition) is 1. The predicted molar refractivity (Wildman–Crippen MR) is 87.4 cm³/mol. The molecule has 0 fully saturated rings. The van der Waals surface area contributed by atoms with Gasteiger partial charge in [-0.2, -0.15) is 0 Å². The Bertz CT molecular complexity index is 578. The third-order valence-electron chi connectivity index (χ3n) is 2.94. The minimum absolute atomic E-state index is 0.0274. The van der Waals surface area contributed by atoms with E-state index in [4.69, 9.17) is 0 Å². The van der Waals surface area contributed by atoms with Crippen molar-refractivity contribution in [2.45, 2.75) is 25.1 Å². The van der Waals surface area contributed by atoms with Crippen molar-refractivity contribution in [3.05, 3.63) is 40.2 Å². The molecule has 5 heteroatoms. The van der Waals surface area contributed by atoms with Crippen molar-refractivity contribution >= 4 is 33.2 Å². The molecule has 1 aromatic carbocycles. The van der Waals surface area contributed by atoms with Crippen molar-refractivity contribution < 1.29 is 4.79 Å². The number of thiazole rings is 1. The number of carbonyl (C=O) groups excluding carboxylic acids is 1. The molecule has 0 saturated carbocycles. The Hall–Kier alpha value is -1.20. The lowest BCUT2D eigenvalue weighted by molar-refractivity contribution is -0.120. The normalized spacial score (nSPS) is 12.2. The summed E-state index contributed by atoms with van der Waals surface area (Å²) in [5, 5.41) is 6.03. The summed E-state index contributed by atoms with van der Waals surface area (Å²) in [6, 6.07) is 8.35. The van der Waals surface area contributed by atoms with Crippen LogP contribution in [0.5, 0.6) is 0 Å². The average Bonchev–Trinajstić information content (AvgIpc) is 2.86. The predicted octanol–water partition coefficient (Wildman–Crippen LogP) is 3.56. The van der Waals surface area contributed by atoms with Crippen LogP contribution in [0, 0.1) is 6.92 Å². The molecule has 0 aliphatic rings. The number of aromatic nitrogens is 1. The Kier molecular flexibility index (Phi) is 5.31. The Morgan fingerprint density at radius 3 is 2.65 bits per heavy atom. The molecule has 0 aliphatic carbocycles. The molecule has 1 atom stereocenters. The first-order valence-electron chi connectivity index (χ1n) is 6.49. The van der Waals surface area contributed by atoms with Gasteiger partial charge < -0.3 is 5.32 Å². The number of aryl methyl sites for hydroxylation is 1. The minimum atomic E-state index is -0.141. The summed E-state index contributed by atoms with van der Waals surface area (Å²) in [4.78, 5) is 15.7. The largest absolute Gasteiger partial charge is 0.355 e. The van der Waals surface area contributed by atoms with Gasteiger partial charge in [0.2, 0.25) is 5.91 Å². The smallest absolute Gasteiger partial charge is 0.233 e. The highest BCUT2D eigenvalue weighted by molar-refractivity contribution is 9.10. The van der Waals surface area contributed by atoms with Gasteiger partial charge in [0.1, 0.15) is 0 Å². The molecule has 1 heterocycles. The fourth-order valence-corrected chi connectivity index (χ4v) is 2.59. The highest BCUT2D eigenvalue weighted by atomic mass is 79.9. The lowest BCUT2D eigenvalue weighted by atomic mass is 10.1. The minimum Gasteiger partial charge on any atom is -0.355 e.